The van der Waals surface area contributed by atoms with Gasteiger partial charge < -0.3 is 4.57 Å². The summed E-state index contributed by atoms with van der Waals surface area (Å²) in [6, 6.07) is 21.6. The first kappa shape index (κ1) is 16.6. The molecule has 0 aliphatic rings. The van der Waals surface area contributed by atoms with Gasteiger partial charge in [-0.2, -0.15) is 0 Å². The molecule has 130 valence electrons. The van der Waals surface area contributed by atoms with Gasteiger partial charge in [-0.15, -0.1) is 0 Å². The van der Waals surface area contributed by atoms with Crippen LogP contribution >= 0.6 is 0 Å². The van der Waals surface area contributed by atoms with E-state index in [0.29, 0.717) is 0 Å². The second-order valence-corrected chi connectivity index (χ2v) is 6.84. The molecule has 3 aromatic carbocycles. The van der Waals surface area contributed by atoms with E-state index >= 15 is 0 Å². The van der Waals surface area contributed by atoms with Crippen LogP contribution in [0.5, 0.6) is 0 Å². The number of fused-ring (bicyclic) bond motifs is 2. The van der Waals surface area contributed by atoms with Crippen molar-refractivity contribution in [2.45, 2.75) is 20.8 Å². The van der Waals surface area contributed by atoms with Crippen LogP contribution < -0.4 is 0 Å². The third kappa shape index (κ3) is 2.45. The first-order valence-electron chi connectivity index (χ1n) is 9.21. The van der Waals surface area contributed by atoms with Crippen LogP contribution in [0.4, 0.5) is 0 Å². The maximum absolute atomic E-state index is 4.98. The van der Waals surface area contributed by atoms with E-state index in [0.717, 1.165) is 12.3 Å². The second kappa shape index (κ2) is 6.45. The Balaban J connectivity index is 2.10. The van der Waals surface area contributed by atoms with Crippen molar-refractivity contribution in [3.63, 3.8) is 0 Å². The fourth-order valence-electron chi connectivity index (χ4n) is 4.00. The van der Waals surface area contributed by atoms with Crippen LogP contribution in [0.1, 0.15) is 29.3 Å². The number of aliphatic imine (C=N–C) groups is 1. The molecule has 0 spiro atoms. The molecule has 0 N–H and O–H groups in total. The molecule has 4 rings (SSSR count). The monoisotopic (exact) mass is 340 g/mol. The summed E-state index contributed by atoms with van der Waals surface area (Å²) in [5.74, 6) is 0. The first-order valence-corrected chi connectivity index (χ1v) is 9.21. The molecule has 0 saturated carbocycles. The Labute approximate surface area is 154 Å². The van der Waals surface area contributed by atoms with Crippen molar-refractivity contribution in [2.24, 2.45) is 12.0 Å². The van der Waals surface area contributed by atoms with Crippen molar-refractivity contribution in [3.8, 4) is 0 Å². The van der Waals surface area contributed by atoms with E-state index < -0.39 is 0 Å². The van der Waals surface area contributed by atoms with E-state index in [1.165, 1.54) is 44.1 Å². The maximum Gasteiger partial charge on any atom is 0.0749 e. The van der Waals surface area contributed by atoms with E-state index in [9.17, 15) is 0 Å². The molecule has 0 radical (unpaired) electrons. The molecule has 4 aromatic rings. The predicted octanol–water partition coefficient (Wildman–Crippen LogP) is 5.81. The zero-order valence-corrected chi connectivity index (χ0v) is 15.9. The van der Waals surface area contributed by atoms with Crippen molar-refractivity contribution in [2.75, 3.05) is 6.54 Å². The summed E-state index contributed by atoms with van der Waals surface area (Å²) in [4.78, 5) is 4.98. The van der Waals surface area contributed by atoms with Gasteiger partial charge in [0.15, 0.2) is 0 Å². The van der Waals surface area contributed by atoms with Crippen LogP contribution in [-0.2, 0) is 7.05 Å². The highest BCUT2D eigenvalue weighted by atomic mass is 14.9. The van der Waals surface area contributed by atoms with Crippen molar-refractivity contribution >= 4 is 27.4 Å². The fraction of sp³-hybridized carbons (Fsp3) is 0.208. The molecule has 2 nitrogen and oxygen atoms in total. The SMILES string of the molecule is CC/N=C(\c1c(C)n(C)c2ccccc12)c1cccc2cccc(C)c12. The summed E-state index contributed by atoms with van der Waals surface area (Å²) >= 11 is 0. The van der Waals surface area contributed by atoms with Gasteiger partial charge in [0.05, 0.1) is 5.71 Å². The van der Waals surface area contributed by atoms with E-state index in [-0.39, 0.29) is 0 Å². The summed E-state index contributed by atoms with van der Waals surface area (Å²) in [6.07, 6.45) is 0. The van der Waals surface area contributed by atoms with Crippen LogP contribution in [0.25, 0.3) is 21.7 Å². The van der Waals surface area contributed by atoms with Crippen LogP contribution in [0.15, 0.2) is 65.7 Å². The number of para-hydroxylation sites is 1. The van der Waals surface area contributed by atoms with Crippen molar-refractivity contribution < 1.29 is 0 Å². The molecule has 26 heavy (non-hydrogen) atoms. The van der Waals surface area contributed by atoms with E-state index in [1.54, 1.807) is 0 Å². The molecule has 0 bridgehead atoms. The van der Waals surface area contributed by atoms with Gasteiger partial charge in [-0.3, -0.25) is 4.99 Å². The normalized spacial score (nSPS) is 12.2. The summed E-state index contributed by atoms with van der Waals surface area (Å²) < 4.78 is 2.27. The molecular weight excluding hydrogens is 316 g/mol. The highest BCUT2D eigenvalue weighted by Gasteiger charge is 2.19. The first-order chi connectivity index (χ1) is 12.6. The summed E-state index contributed by atoms with van der Waals surface area (Å²) in [5, 5.41) is 3.84. The predicted molar refractivity (Wildman–Crippen MR) is 113 cm³/mol. The fourth-order valence-corrected chi connectivity index (χ4v) is 4.00. The minimum absolute atomic E-state index is 0.764. The largest absolute Gasteiger partial charge is 0.347 e. The third-order valence-electron chi connectivity index (χ3n) is 5.32. The minimum atomic E-state index is 0.764. The van der Waals surface area contributed by atoms with Gasteiger partial charge in [0.25, 0.3) is 0 Å². The van der Waals surface area contributed by atoms with Crippen molar-refractivity contribution in [1.82, 2.24) is 4.57 Å². The molecule has 1 aromatic heterocycles. The molecular formula is C24H24N2. The number of benzene rings is 3. The molecule has 0 aliphatic heterocycles. The lowest BCUT2D eigenvalue weighted by atomic mass is 9.92. The summed E-state index contributed by atoms with van der Waals surface area (Å²) in [6.45, 7) is 7.25. The summed E-state index contributed by atoms with van der Waals surface area (Å²) in [5.41, 5.74) is 7.37. The van der Waals surface area contributed by atoms with Crippen LogP contribution in [0.2, 0.25) is 0 Å². The molecule has 2 heteroatoms. The molecule has 0 amide bonds. The molecule has 0 fully saturated rings. The quantitative estimate of drug-likeness (QED) is 0.419. The van der Waals surface area contributed by atoms with Gasteiger partial charge in [0.1, 0.15) is 0 Å². The lowest BCUT2D eigenvalue weighted by Gasteiger charge is -2.13. The number of hydrogen-bond acceptors (Lipinski definition) is 1. The van der Waals surface area contributed by atoms with Crippen molar-refractivity contribution in [3.05, 3.63) is 83.0 Å². The van der Waals surface area contributed by atoms with Crippen LogP contribution in [-0.4, -0.2) is 16.8 Å². The van der Waals surface area contributed by atoms with Gasteiger partial charge >= 0.3 is 0 Å². The summed E-state index contributed by atoms with van der Waals surface area (Å²) in [7, 11) is 2.14. The Morgan fingerprint density at radius 3 is 2.42 bits per heavy atom. The average molecular weight is 340 g/mol. The zero-order valence-electron chi connectivity index (χ0n) is 15.9. The number of aromatic nitrogens is 1. The van der Waals surface area contributed by atoms with Crippen molar-refractivity contribution in [1.29, 1.82) is 0 Å². The van der Waals surface area contributed by atoms with E-state index in [4.69, 9.17) is 4.99 Å². The van der Waals surface area contributed by atoms with Crippen LogP contribution in [0, 0.1) is 13.8 Å². The topological polar surface area (TPSA) is 17.3 Å². The Hall–Kier alpha value is -2.87. The lowest BCUT2D eigenvalue weighted by Crippen LogP contribution is -2.08. The van der Waals surface area contributed by atoms with E-state index in [1.807, 2.05) is 0 Å². The standard InChI is InChI=1S/C24H24N2/c1-5-25-24(20-14-9-12-18-11-8-10-16(2)22(18)20)23-17(3)26(4)21-15-7-6-13-19(21)23/h6-15H,5H2,1-4H3/b25-24-. The molecule has 0 atom stereocenters. The van der Waals surface area contributed by atoms with Gasteiger partial charge in [0, 0.05) is 41.3 Å². The minimum Gasteiger partial charge on any atom is -0.347 e. The highest BCUT2D eigenvalue weighted by molar-refractivity contribution is 6.25. The maximum atomic E-state index is 4.98. The number of rotatable bonds is 3. The van der Waals surface area contributed by atoms with E-state index in [2.05, 4.69) is 93.0 Å². The Bertz CT molecular complexity index is 1140. The van der Waals surface area contributed by atoms with Gasteiger partial charge in [-0.1, -0.05) is 54.6 Å². The Kier molecular flexibility index (Phi) is 4.12. The number of hydrogen-bond donors (Lipinski definition) is 0. The molecule has 0 aliphatic carbocycles. The molecule has 0 unspecified atom stereocenters. The van der Waals surface area contributed by atoms with Crippen LogP contribution in [0.3, 0.4) is 0 Å². The zero-order chi connectivity index (χ0) is 18.3. The Morgan fingerprint density at radius 1 is 0.923 bits per heavy atom. The third-order valence-corrected chi connectivity index (χ3v) is 5.32. The second-order valence-electron chi connectivity index (χ2n) is 6.84. The number of aryl methyl sites for hydroxylation is 2. The van der Waals surface area contributed by atoms with Gasteiger partial charge in [-0.05, 0) is 43.2 Å². The van der Waals surface area contributed by atoms with Gasteiger partial charge in [-0.25, -0.2) is 0 Å². The Morgan fingerprint density at radius 2 is 1.65 bits per heavy atom. The molecule has 0 saturated heterocycles. The average Bonchev–Trinajstić information content (AvgIpc) is 2.91. The smallest absolute Gasteiger partial charge is 0.0749 e. The highest BCUT2D eigenvalue weighted by Crippen LogP contribution is 2.31. The molecule has 1 heterocycles. The lowest BCUT2D eigenvalue weighted by molar-refractivity contribution is 0.916. The number of nitrogens with zero attached hydrogens (tertiary/aromatic N) is 2. The van der Waals surface area contributed by atoms with Gasteiger partial charge in [0.2, 0.25) is 0 Å².